The minimum Gasteiger partial charge on any atom is -0.496 e. The predicted molar refractivity (Wildman–Crippen MR) is 55.0 cm³/mol. The van der Waals surface area contributed by atoms with Gasteiger partial charge in [0.2, 0.25) is 0 Å². The summed E-state index contributed by atoms with van der Waals surface area (Å²) < 4.78 is 42.6. The second-order valence-corrected chi connectivity index (χ2v) is 3.83. The zero-order valence-electron chi connectivity index (χ0n) is 8.23. The Hall–Kier alpha value is -1.22. The molecule has 0 heterocycles. The molecule has 0 aliphatic rings. The van der Waals surface area contributed by atoms with Crippen molar-refractivity contribution in [3.63, 3.8) is 0 Å². The average Bonchev–Trinajstić information content (AvgIpc) is 2.19. The monoisotopic (exact) mass is 293 g/mol. The summed E-state index contributed by atoms with van der Waals surface area (Å²) in [5.74, 6) is -0.277. The van der Waals surface area contributed by atoms with E-state index in [-0.39, 0.29) is 16.6 Å². The first kappa shape index (κ1) is 12.8. The van der Waals surface area contributed by atoms with E-state index in [0.717, 1.165) is 13.2 Å². The fraction of sp³-hybridized carbons (Fsp3) is 0.300. The van der Waals surface area contributed by atoms with Crippen molar-refractivity contribution in [2.24, 2.45) is 0 Å². The van der Waals surface area contributed by atoms with Gasteiger partial charge in [0, 0.05) is 4.47 Å². The van der Waals surface area contributed by atoms with Crippen LogP contribution in [0, 0.1) is 11.3 Å². The van der Waals surface area contributed by atoms with Crippen molar-refractivity contribution >= 4 is 15.9 Å². The van der Waals surface area contributed by atoms with Gasteiger partial charge in [-0.2, -0.15) is 18.4 Å². The molecule has 86 valence electrons. The van der Waals surface area contributed by atoms with E-state index < -0.39 is 11.7 Å². The lowest BCUT2D eigenvalue weighted by Gasteiger charge is -2.13. The topological polar surface area (TPSA) is 33.0 Å². The molecule has 0 amide bonds. The second kappa shape index (κ2) is 4.74. The predicted octanol–water partition coefficient (Wildman–Crippen LogP) is 3.54. The fourth-order valence-corrected chi connectivity index (χ4v) is 1.69. The molecular formula is C10H7BrF3NO. The lowest BCUT2D eigenvalue weighted by molar-refractivity contribution is -0.138. The van der Waals surface area contributed by atoms with Gasteiger partial charge >= 0.3 is 6.18 Å². The largest absolute Gasteiger partial charge is 0.496 e. The maximum Gasteiger partial charge on any atom is 0.420 e. The summed E-state index contributed by atoms with van der Waals surface area (Å²) in [5, 5.41) is 8.50. The maximum absolute atomic E-state index is 12.6. The molecule has 0 spiro atoms. The van der Waals surface area contributed by atoms with Crippen LogP contribution < -0.4 is 4.74 Å². The van der Waals surface area contributed by atoms with Gasteiger partial charge < -0.3 is 4.74 Å². The van der Waals surface area contributed by atoms with Crippen molar-refractivity contribution in [3.05, 3.63) is 27.7 Å². The lowest BCUT2D eigenvalue weighted by atomic mass is 10.1. The van der Waals surface area contributed by atoms with Crippen LogP contribution in [0.1, 0.15) is 11.1 Å². The van der Waals surface area contributed by atoms with E-state index in [1.54, 1.807) is 0 Å². The summed E-state index contributed by atoms with van der Waals surface area (Å²) in [6.07, 6.45) is -4.45. The summed E-state index contributed by atoms with van der Waals surface area (Å²) in [7, 11) is 1.16. The number of alkyl halides is 3. The van der Waals surface area contributed by atoms with E-state index in [2.05, 4.69) is 20.7 Å². The third kappa shape index (κ3) is 2.67. The Labute approximate surface area is 98.8 Å². The van der Waals surface area contributed by atoms with Gasteiger partial charge in [-0.25, -0.2) is 0 Å². The number of hydrogen-bond donors (Lipinski definition) is 0. The van der Waals surface area contributed by atoms with Crippen LogP contribution in [-0.2, 0) is 12.6 Å². The van der Waals surface area contributed by atoms with Crippen LogP contribution in [-0.4, -0.2) is 7.11 Å². The molecule has 2 nitrogen and oxygen atoms in total. The summed E-state index contributed by atoms with van der Waals surface area (Å²) in [6, 6.07) is 4.01. The van der Waals surface area contributed by atoms with Crippen molar-refractivity contribution < 1.29 is 17.9 Å². The highest BCUT2D eigenvalue weighted by Crippen LogP contribution is 2.39. The molecule has 16 heavy (non-hydrogen) atoms. The van der Waals surface area contributed by atoms with E-state index in [0.29, 0.717) is 5.56 Å². The summed E-state index contributed by atoms with van der Waals surface area (Å²) in [6.45, 7) is 0. The Morgan fingerprint density at radius 2 is 2.06 bits per heavy atom. The third-order valence-electron chi connectivity index (χ3n) is 1.94. The van der Waals surface area contributed by atoms with Gasteiger partial charge in [0.1, 0.15) is 5.75 Å². The van der Waals surface area contributed by atoms with Crippen LogP contribution in [0.15, 0.2) is 16.6 Å². The Bertz CT molecular complexity index is 437. The number of hydrogen-bond acceptors (Lipinski definition) is 2. The highest BCUT2D eigenvalue weighted by Gasteiger charge is 2.35. The van der Waals surface area contributed by atoms with Crippen LogP contribution in [0.3, 0.4) is 0 Å². The number of rotatable bonds is 2. The lowest BCUT2D eigenvalue weighted by Crippen LogP contribution is -2.08. The first-order valence-electron chi connectivity index (χ1n) is 4.20. The zero-order chi connectivity index (χ0) is 12.3. The second-order valence-electron chi connectivity index (χ2n) is 2.98. The summed E-state index contributed by atoms with van der Waals surface area (Å²) in [5.41, 5.74) is -0.393. The number of halogens is 4. The van der Waals surface area contributed by atoms with Gasteiger partial charge in [-0.1, -0.05) is 15.9 Å². The molecule has 0 unspecified atom stereocenters. The highest BCUT2D eigenvalue weighted by molar-refractivity contribution is 9.10. The number of nitriles is 1. The van der Waals surface area contributed by atoms with Gasteiger partial charge in [-0.15, -0.1) is 0 Å². The van der Waals surface area contributed by atoms with Crippen molar-refractivity contribution in [2.75, 3.05) is 7.11 Å². The first-order chi connectivity index (χ1) is 7.40. The molecule has 0 bridgehead atoms. The zero-order valence-corrected chi connectivity index (χ0v) is 9.82. The fourth-order valence-electron chi connectivity index (χ4n) is 1.21. The molecule has 0 fully saturated rings. The molecule has 1 rings (SSSR count). The number of ether oxygens (including phenoxy) is 1. The van der Waals surface area contributed by atoms with Gasteiger partial charge in [-0.3, -0.25) is 0 Å². The first-order valence-corrected chi connectivity index (χ1v) is 5.00. The smallest absolute Gasteiger partial charge is 0.420 e. The quantitative estimate of drug-likeness (QED) is 0.835. The van der Waals surface area contributed by atoms with Crippen LogP contribution in [0.4, 0.5) is 13.2 Å². The van der Waals surface area contributed by atoms with Crippen LogP contribution in [0.5, 0.6) is 5.75 Å². The SMILES string of the molecule is COc1cc(CC#N)c(Br)cc1C(F)(F)F. The molecule has 0 radical (unpaired) electrons. The molecule has 0 saturated carbocycles. The van der Waals surface area contributed by atoms with E-state index in [1.807, 2.05) is 6.07 Å². The van der Waals surface area contributed by atoms with Gasteiger partial charge in [-0.05, 0) is 17.7 Å². The molecule has 0 aliphatic carbocycles. The van der Waals surface area contributed by atoms with Crippen molar-refractivity contribution in [2.45, 2.75) is 12.6 Å². The minimum atomic E-state index is -4.47. The molecule has 0 N–H and O–H groups in total. The van der Waals surface area contributed by atoms with Crippen LogP contribution in [0.2, 0.25) is 0 Å². The van der Waals surface area contributed by atoms with Crippen LogP contribution >= 0.6 is 15.9 Å². The van der Waals surface area contributed by atoms with Crippen molar-refractivity contribution in [1.29, 1.82) is 5.26 Å². The Morgan fingerprint density at radius 1 is 1.44 bits per heavy atom. The highest BCUT2D eigenvalue weighted by atomic mass is 79.9. The van der Waals surface area contributed by atoms with Gasteiger partial charge in [0.05, 0.1) is 25.2 Å². The molecule has 6 heteroatoms. The van der Waals surface area contributed by atoms with E-state index in [9.17, 15) is 13.2 Å². The van der Waals surface area contributed by atoms with Crippen molar-refractivity contribution in [3.8, 4) is 11.8 Å². The summed E-state index contributed by atoms with van der Waals surface area (Å²) >= 11 is 3.00. The minimum absolute atomic E-state index is 0.0229. The standard InChI is InChI=1S/C10H7BrF3NO/c1-16-9-4-6(2-3-15)8(11)5-7(9)10(12,13)14/h4-5H,2H2,1H3. The Kier molecular flexibility index (Phi) is 3.81. The Morgan fingerprint density at radius 3 is 2.50 bits per heavy atom. The third-order valence-corrected chi connectivity index (χ3v) is 2.68. The number of nitrogens with zero attached hydrogens (tertiary/aromatic N) is 1. The number of methoxy groups -OCH3 is 1. The Balaban J connectivity index is 3.33. The van der Waals surface area contributed by atoms with E-state index >= 15 is 0 Å². The molecule has 0 atom stereocenters. The van der Waals surface area contributed by atoms with Crippen LogP contribution in [0.25, 0.3) is 0 Å². The van der Waals surface area contributed by atoms with E-state index in [4.69, 9.17) is 5.26 Å². The number of benzene rings is 1. The summed E-state index contributed by atoms with van der Waals surface area (Å²) in [4.78, 5) is 0. The van der Waals surface area contributed by atoms with Crippen molar-refractivity contribution in [1.82, 2.24) is 0 Å². The maximum atomic E-state index is 12.6. The molecule has 0 aromatic heterocycles. The molecule has 1 aromatic rings. The molecular weight excluding hydrogens is 287 g/mol. The molecule has 1 aromatic carbocycles. The normalized spacial score (nSPS) is 11.0. The van der Waals surface area contributed by atoms with E-state index in [1.165, 1.54) is 6.07 Å². The van der Waals surface area contributed by atoms with Gasteiger partial charge in [0.25, 0.3) is 0 Å². The molecule has 0 aliphatic heterocycles. The average molecular weight is 294 g/mol. The van der Waals surface area contributed by atoms with Gasteiger partial charge in [0.15, 0.2) is 0 Å². The molecule has 0 saturated heterocycles.